The Balaban J connectivity index is 1.78. The molecule has 1 aromatic rings. The molecule has 1 atom stereocenters. The number of hydrogen-bond donors (Lipinski definition) is 2. The summed E-state index contributed by atoms with van der Waals surface area (Å²) in [6.07, 6.45) is 8.14. The van der Waals surface area contributed by atoms with Gasteiger partial charge in [-0.1, -0.05) is 19.8 Å². The van der Waals surface area contributed by atoms with E-state index in [-0.39, 0.29) is 12.1 Å². The lowest BCUT2D eigenvalue weighted by Gasteiger charge is -2.22. The molecule has 2 N–H and O–H groups in total. The van der Waals surface area contributed by atoms with E-state index in [0.29, 0.717) is 0 Å². The minimum Gasteiger partial charge on any atom is -0.469 e. The average Bonchev–Trinajstić information content (AvgIpc) is 2.84. The van der Waals surface area contributed by atoms with Gasteiger partial charge in [-0.3, -0.25) is 0 Å². The maximum absolute atomic E-state index is 11.8. The second-order valence-electron chi connectivity index (χ2n) is 4.85. The Hall–Kier alpha value is -1.45. The Labute approximate surface area is 108 Å². The maximum atomic E-state index is 11.8. The average molecular weight is 250 g/mol. The molecule has 2 amide bonds. The monoisotopic (exact) mass is 250 g/mol. The summed E-state index contributed by atoms with van der Waals surface area (Å²) in [5.74, 6) is 1.03. The molecule has 4 nitrogen and oxygen atoms in total. The smallest absolute Gasteiger partial charge is 0.315 e. The van der Waals surface area contributed by atoms with E-state index in [1.54, 1.807) is 6.26 Å². The van der Waals surface area contributed by atoms with Crippen molar-refractivity contribution in [2.75, 3.05) is 6.54 Å². The molecule has 0 saturated heterocycles. The summed E-state index contributed by atoms with van der Waals surface area (Å²) in [6.45, 7) is 2.91. The highest BCUT2D eigenvalue weighted by atomic mass is 16.3. The number of amides is 2. The molecule has 1 aromatic heterocycles. The fourth-order valence-electron chi connectivity index (χ4n) is 2.42. The lowest BCUT2D eigenvalue weighted by Crippen LogP contribution is -2.39. The number of carbonyl (C=O) groups is 1. The van der Waals surface area contributed by atoms with Crippen molar-refractivity contribution >= 4 is 6.03 Å². The number of unbranched alkanes of at least 4 members (excludes halogenated alkanes) is 2. The zero-order chi connectivity index (χ0) is 12.8. The van der Waals surface area contributed by atoms with Crippen LogP contribution in [-0.2, 0) is 6.42 Å². The molecule has 0 radical (unpaired) electrons. The van der Waals surface area contributed by atoms with Crippen LogP contribution in [0, 0.1) is 0 Å². The van der Waals surface area contributed by atoms with Crippen molar-refractivity contribution in [3.05, 3.63) is 23.7 Å². The van der Waals surface area contributed by atoms with Gasteiger partial charge in [-0.25, -0.2) is 4.79 Å². The lowest BCUT2D eigenvalue weighted by atomic mass is 9.93. The number of rotatable bonds is 5. The van der Waals surface area contributed by atoms with E-state index in [4.69, 9.17) is 4.42 Å². The van der Waals surface area contributed by atoms with Gasteiger partial charge in [0.1, 0.15) is 5.76 Å². The molecule has 1 aliphatic carbocycles. The molecule has 18 heavy (non-hydrogen) atoms. The summed E-state index contributed by atoms with van der Waals surface area (Å²) in [7, 11) is 0. The number of carbonyl (C=O) groups excluding carboxylic acids is 1. The minimum absolute atomic E-state index is 0.0647. The highest BCUT2D eigenvalue weighted by Gasteiger charge is 2.23. The van der Waals surface area contributed by atoms with Crippen molar-refractivity contribution in [3.8, 4) is 0 Å². The van der Waals surface area contributed by atoms with Gasteiger partial charge >= 0.3 is 6.03 Å². The van der Waals surface area contributed by atoms with Crippen LogP contribution in [0.3, 0.4) is 0 Å². The molecule has 0 bridgehead atoms. The second-order valence-corrected chi connectivity index (χ2v) is 4.85. The second kappa shape index (κ2) is 6.47. The summed E-state index contributed by atoms with van der Waals surface area (Å²) in [5, 5.41) is 5.94. The van der Waals surface area contributed by atoms with E-state index in [1.807, 2.05) is 6.07 Å². The summed E-state index contributed by atoms with van der Waals surface area (Å²) in [5.41, 5.74) is 1.14. The third-order valence-electron chi connectivity index (χ3n) is 3.42. The van der Waals surface area contributed by atoms with Crippen molar-refractivity contribution in [3.63, 3.8) is 0 Å². The van der Waals surface area contributed by atoms with Gasteiger partial charge in [0.2, 0.25) is 0 Å². The molecular formula is C14H22N2O2. The summed E-state index contributed by atoms with van der Waals surface area (Å²) in [6, 6.07) is 2.01. The van der Waals surface area contributed by atoms with Crippen LogP contribution < -0.4 is 10.6 Å². The first kappa shape index (κ1) is 13.0. The summed E-state index contributed by atoms with van der Waals surface area (Å²) >= 11 is 0. The van der Waals surface area contributed by atoms with E-state index >= 15 is 0 Å². The van der Waals surface area contributed by atoms with Gasteiger partial charge in [0.25, 0.3) is 0 Å². The van der Waals surface area contributed by atoms with Crippen LogP contribution in [0.4, 0.5) is 4.79 Å². The van der Waals surface area contributed by atoms with Gasteiger partial charge in [-0.15, -0.1) is 0 Å². The zero-order valence-corrected chi connectivity index (χ0v) is 11.0. The van der Waals surface area contributed by atoms with Gasteiger partial charge in [0, 0.05) is 18.5 Å². The molecule has 2 rings (SSSR count). The Bertz CT molecular complexity index is 387. The number of fused-ring (bicyclic) bond motifs is 1. The molecule has 4 heteroatoms. The number of hydrogen-bond acceptors (Lipinski definition) is 2. The number of furan rings is 1. The minimum atomic E-state index is -0.0647. The number of aryl methyl sites for hydroxylation is 1. The highest BCUT2D eigenvalue weighted by Crippen LogP contribution is 2.30. The van der Waals surface area contributed by atoms with E-state index in [2.05, 4.69) is 17.6 Å². The van der Waals surface area contributed by atoms with E-state index in [1.165, 1.54) is 6.42 Å². The Morgan fingerprint density at radius 3 is 3.22 bits per heavy atom. The molecule has 0 spiro atoms. The van der Waals surface area contributed by atoms with Crippen LogP contribution in [0.15, 0.2) is 16.7 Å². The predicted octanol–water partition coefficient (Wildman–Crippen LogP) is 3.15. The Kier molecular flexibility index (Phi) is 4.67. The first-order chi connectivity index (χ1) is 8.81. The fourth-order valence-corrected chi connectivity index (χ4v) is 2.42. The molecule has 0 fully saturated rings. The molecule has 1 aliphatic rings. The third kappa shape index (κ3) is 3.28. The summed E-state index contributed by atoms with van der Waals surface area (Å²) in [4.78, 5) is 11.8. The molecule has 0 saturated carbocycles. The molecule has 1 unspecified atom stereocenters. The lowest BCUT2D eigenvalue weighted by molar-refractivity contribution is 0.235. The van der Waals surface area contributed by atoms with Crippen LogP contribution >= 0.6 is 0 Å². The van der Waals surface area contributed by atoms with Crippen molar-refractivity contribution in [1.29, 1.82) is 0 Å². The van der Waals surface area contributed by atoms with Crippen LogP contribution in [0.25, 0.3) is 0 Å². The molecule has 0 aliphatic heterocycles. The number of urea groups is 1. The largest absolute Gasteiger partial charge is 0.469 e. The van der Waals surface area contributed by atoms with Crippen LogP contribution in [0.5, 0.6) is 0 Å². The first-order valence-electron chi connectivity index (χ1n) is 6.92. The van der Waals surface area contributed by atoms with E-state index in [0.717, 1.165) is 50.0 Å². The van der Waals surface area contributed by atoms with Crippen LogP contribution in [0.1, 0.15) is 56.4 Å². The van der Waals surface area contributed by atoms with E-state index < -0.39 is 0 Å². The predicted molar refractivity (Wildman–Crippen MR) is 70.4 cm³/mol. The van der Waals surface area contributed by atoms with Gasteiger partial charge in [-0.2, -0.15) is 0 Å². The highest BCUT2D eigenvalue weighted by molar-refractivity contribution is 5.74. The topological polar surface area (TPSA) is 54.3 Å². The quantitative estimate of drug-likeness (QED) is 0.789. The van der Waals surface area contributed by atoms with Gasteiger partial charge in [0.05, 0.1) is 12.3 Å². The van der Waals surface area contributed by atoms with E-state index in [9.17, 15) is 4.79 Å². The summed E-state index contributed by atoms with van der Waals surface area (Å²) < 4.78 is 5.41. The molecular weight excluding hydrogens is 228 g/mol. The SMILES string of the molecule is CCCCCNC(=O)NC1CCCc2occc21. The van der Waals surface area contributed by atoms with Crippen molar-refractivity contribution in [1.82, 2.24) is 10.6 Å². The van der Waals surface area contributed by atoms with Gasteiger partial charge in [-0.05, 0) is 25.3 Å². The maximum Gasteiger partial charge on any atom is 0.315 e. The first-order valence-corrected chi connectivity index (χ1v) is 6.92. The van der Waals surface area contributed by atoms with Crippen molar-refractivity contribution < 1.29 is 9.21 Å². The standard InChI is InChI=1S/C14H22N2O2/c1-2-3-4-9-15-14(17)16-12-6-5-7-13-11(12)8-10-18-13/h8,10,12H,2-7,9H2,1H3,(H2,15,16,17). The molecule has 100 valence electrons. The van der Waals surface area contributed by atoms with Crippen molar-refractivity contribution in [2.45, 2.75) is 51.5 Å². The van der Waals surface area contributed by atoms with Crippen LogP contribution in [0.2, 0.25) is 0 Å². The molecule has 0 aromatic carbocycles. The Morgan fingerprint density at radius 1 is 1.50 bits per heavy atom. The third-order valence-corrected chi connectivity index (χ3v) is 3.42. The zero-order valence-electron chi connectivity index (χ0n) is 11.0. The fraction of sp³-hybridized carbons (Fsp3) is 0.643. The van der Waals surface area contributed by atoms with Gasteiger partial charge in [0.15, 0.2) is 0 Å². The number of nitrogens with one attached hydrogen (secondary N) is 2. The Morgan fingerprint density at radius 2 is 2.39 bits per heavy atom. The van der Waals surface area contributed by atoms with Gasteiger partial charge < -0.3 is 15.1 Å². The van der Waals surface area contributed by atoms with Crippen LogP contribution in [-0.4, -0.2) is 12.6 Å². The molecule has 1 heterocycles. The van der Waals surface area contributed by atoms with Crippen molar-refractivity contribution in [2.24, 2.45) is 0 Å². The normalized spacial score (nSPS) is 18.2.